The van der Waals surface area contributed by atoms with Crippen molar-refractivity contribution in [1.29, 1.82) is 0 Å². The summed E-state index contributed by atoms with van der Waals surface area (Å²) in [5.74, 6) is -0.370. The molecule has 7 rings (SSSR count). The predicted molar refractivity (Wildman–Crippen MR) is 172 cm³/mol. The average Bonchev–Trinajstić information content (AvgIpc) is 3.42. The number of aromatic nitrogens is 4. The van der Waals surface area contributed by atoms with Gasteiger partial charge in [-0.15, -0.1) is 12.4 Å². The standard InChI is InChI=1S/C33H29FN6O4.ClH/c1-19(40-32-28(31(35)36-18-37-32)29(38-40)22-14-23(34)16-24(41)15-22)30-27(25-4-2-3-5-26(25)33(42)44-30)21-8-6-20(7-9-21)17-39-10-12-43-13-11-39;/h2-9,14-16,18-19,41H,10-13,17H2,1H3,(H2,35,36,37);1H. The zero-order chi connectivity index (χ0) is 30.4. The number of fused-ring (bicyclic) bond motifs is 2. The van der Waals surface area contributed by atoms with Crippen molar-refractivity contribution in [1.82, 2.24) is 24.6 Å². The van der Waals surface area contributed by atoms with Crippen molar-refractivity contribution in [2.24, 2.45) is 0 Å². The molecule has 0 saturated carbocycles. The van der Waals surface area contributed by atoms with Crippen LogP contribution in [0.3, 0.4) is 0 Å². The van der Waals surface area contributed by atoms with Crippen LogP contribution in [0.4, 0.5) is 10.2 Å². The first-order chi connectivity index (χ1) is 21.4. The second kappa shape index (κ2) is 12.3. The van der Waals surface area contributed by atoms with Gasteiger partial charge in [-0.3, -0.25) is 4.90 Å². The van der Waals surface area contributed by atoms with E-state index in [-0.39, 0.29) is 29.7 Å². The maximum Gasteiger partial charge on any atom is 0.343 e. The molecule has 6 aromatic rings. The van der Waals surface area contributed by atoms with Gasteiger partial charge in [-0.2, -0.15) is 5.10 Å². The van der Waals surface area contributed by atoms with Gasteiger partial charge >= 0.3 is 5.63 Å². The Hall–Kier alpha value is -4.84. The van der Waals surface area contributed by atoms with Crippen molar-refractivity contribution in [3.05, 3.63) is 101 Å². The van der Waals surface area contributed by atoms with Crippen LogP contribution in [0.25, 0.3) is 44.2 Å². The molecule has 0 radical (unpaired) electrons. The van der Waals surface area contributed by atoms with E-state index in [0.29, 0.717) is 27.7 Å². The molecule has 10 nitrogen and oxygen atoms in total. The van der Waals surface area contributed by atoms with E-state index in [2.05, 4.69) is 27.0 Å². The van der Waals surface area contributed by atoms with Crippen LogP contribution >= 0.6 is 12.4 Å². The third-order valence-corrected chi connectivity index (χ3v) is 8.04. The highest BCUT2D eigenvalue weighted by Gasteiger charge is 2.27. The number of benzene rings is 3. The Morgan fingerprint density at radius 1 is 1.00 bits per heavy atom. The Kier molecular flexibility index (Phi) is 8.24. The van der Waals surface area contributed by atoms with Crippen molar-refractivity contribution in [2.45, 2.75) is 19.5 Å². The maximum absolute atomic E-state index is 14.3. The second-order valence-corrected chi connectivity index (χ2v) is 10.9. The normalized spacial score (nSPS) is 14.4. The van der Waals surface area contributed by atoms with Gasteiger partial charge in [-0.25, -0.2) is 23.8 Å². The van der Waals surface area contributed by atoms with Crippen LogP contribution in [0.5, 0.6) is 5.75 Å². The number of halogens is 2. The van der Waals surface area contributed by atoms with E-state index in [1.807, 2.05) is 31.2 Å². The Balaban J connectivity index is 0.00000357. The molecule has 3 aromatic carbocycles. The van der Waals surface area contributed by atoms with Crippen LogP contribution < -0.4 is 11.4 Å². The summed E-state index contributed by atoms with van der Waals surface area (Å²) in [7, 11) is 0. The number of morpholine rings is 1. The van der Waals surface area contributed by atoms with Gasteiger partial charge in [-0.1, -0.05) is 42.5 Å². The molecule has 0 bridgehead atoms. The summed E-state index contributed by atoms with van der Waals surface area (Å²) in [5.41, 5.74) is 9.55. The molecule has 4 heterocycles. The zero-order valence-electron chi connectivity index (χ0n) is 24.3. The Bertz CT molecular complexity index is 2050. The molecule has 45 heavy (non-hydrogen) atoms. The molecule has 3 N–H and O–H groups in total. The summed E-state index contributed by atoms with van der Waals surface area (Å²) >= 11 is 0. The number of phenolic OH excluding ortho intramolecular Hbond substituents is 1. The number of anilines is 1. The highest BCUT2D eigenvalue weighted by Crippen LogP contribution is 2.39. The van der Waals surface area contributed by atoms with Crippen LogP contribution in [0.1, 0.15) is 24.3 Å². The van der Waals surface area contributed by atoms with Crippen LogP contribution in [0.2, 0.25) is 0 Å². The average molecular weight is 629 g/mol. The molecule has 0 aliphatic carbocycles. The first-order valence-corrected chi connectivity index (χ1v) is 14.3. The summed E-state index contributed by atoms with van der Waals surface area (Å²) < 4.78 is 27.5. The molecule has 0 spiro atoms. The summed E-state index contributed by atoms with van der Waals surface area (Å²) in [6.07, 6.45) is 1.32. The molecular weight excluding hydrogens is 599 g/mol. The fraction of sp³-hybridized carbons (Fsp3) is 0.212. The fourth-order valence-electron chi connectivity index (χ4n) is 5.89. The fourth-order valence-corrected chi connectivity index (χ4v) is 5.89. The van der Waals surface area contributed by atoms with Crippen molar-refractivity contribution in [3.8, 4) is 28.1 Å². The van der Waals surface area contributed by atoms with E-state index >= 15 is 0 Å². The van der Waals surface area contributed by atoms with Gasteiger partial charge in [0.25, 0.3) is 0 Å². The molecular formula is C33H30ClFN6O4. The summed E-state index contributed by atoms with van der Waals surface area (Å²) in [4.78, 5) is 24.2. The van der Waals surface area contributed by atoms with Gasteiger partial charge in [-0.05, 0) is 36.2 Å². The van der Waals surface area contributed by atoms with Gasteiger partial charge in [0.2, 0.25) is 0 Å². The quantitative estimate of drug-likeness (QED) is 0.243. The number of ether oxygens (including phenoxy) is 1. The lowest BCUT2D eigenvalue weighted by Gasteiger charge is -2.26. The number of nitrogen functional groups attached to an aromatic ring is 1. The summed E-state index contributed by atoms with van der Waals surface area (Å²) in [5, 5.41) is 16.5. The third kappa shape index (κ3) is 5.61. The van der Waals surface area contributed by atoms with Gasteiger partial charge in [0.1, 0.15) is 41.2 Å². The van der Waals surface area contributed by atoms with E-state index in [9.17, 15) is 14.3 Å². The number of hydrogen-bond donors (Lipinski definition) is 2. The van der Waals surface area contributed by atoms with Crippen molar-refractivity contribution >= 4 is 40.0 Å². The van der Waals surface area contributed by atoms with E-state index < -0.39 is 17.5 Å². The number of nitrogens with zero attached hydrogens (tertiary/aromatic N) is 5. The van der Waals surface area contributed by atoms with E-state index in [1.165, 1.54) is 24.0 Å². The highest BCUT2D eigenvalue weighted by molar-refractivity contribution is 5.99. The van der Waals surface area contributed by atoms with Crippen LogP contribution in [0.15, 0.2) is 82.3 Å². The van der Waals surface area contributed by atoms with Gasteiger partial charge < -0.3 is 20.0 Å². The molecule has 1 atom stereocenters. The monoisotopic (exact) mass is 628 g/mol. The second-order valence-electron chi connectivity index (χ2n) is 10.9. The Morgan fingerprint density at radius 3 is 2.47 bits per heavy atom. The van der Waals surface area contributed by atoms with Crippen LogP contribution in [-0.2, 0) is 11.3 Å². The Labute approximate surface area is 263 Å². The number of phenols is 1. The molecule has 230 valence electrons. The lowest BCUT2D eigenvalue weighted by atomic mass is 9.95. The number of aromatic hydroxyl groups is 1. The minimum atomic E-state index is -0.650. The van der Waals surface area contributed by atoms with E-state index in [4.69, 9.17) is 20.0 Å². The lowest BCUT2D eigenvalue weighted by Crippen LogP contribution is -2.35. The Morgan fingerprint density at radius 2 is 1.73 bits per heavy atom. The molecule has 1 unspecified atom stereocenters. The topological polar surface area (TPSA) is 133 Å². The van der Waals surface area contributed by atoms with E-state index in [0.717, 1.165) is 55.4 Å². The molecule has 1 aliphatic heterocycles. The predicted octanol–water partition coefficient (Wildman–Crippen LogP) is 5.56. The number of hydrogen-bond acceptors (Lipinski definition) is 9. The largest absolute Gasteiger partial charge is 0.508 e. The lowest BCUT2D eigenvalue weighted by molar-refractivity contribution is 0.0342. The first kappa shape index (κ1) is 30.2. The zero-order valence-corrected chi connectivity index (χ0v) is 25.1. The maximum atomic E-state index is 14.3. The molecule has 1 fully saturated rings. The van der Waals surface area contributed by atoms with Crippen molar-refractivity contribution in [2.75, 3.05) is 32.0 Å². The molecule has 3 aromatic heterocycles. The van der Waals surface area contributed by atoms with E-state index in [1.54, 1.807) is 16.8 Å². The third-order valence-electron chi connectivity index (χ3n) is 8.04. The van der Waals surface area contributed by atoms with Gasteiger partial charge in [0, 0.05) is 42.2 Å². The molecule has 0 amide bonds. The molecule has 1 saturated heterocycles. The number of nitrogens with two attached hydrogens (primary N) is 1. The van der Waals surface area contributed by atoms with Crippen molar-refractivity contribution < 1.29 is 18.7 Å². The van der Waals surface area contributed by atoms with Crippen LogP contribution in [-0.4, -0.2) is 56.1 Å². The van der Waals surface area contributed by atoms with Gasteiger partial charge in [0.05, 0.1) is 24.0 Å². The van der Waals surface area contributed by atoms with Crippen molar-refractivity contribution in [3.63, 3.8) is 0 Å². The smallest absolute Gasteiger partial charge is 0.343 e. The van der Waals surface area contributed by atoms with Crippen LogP contribution in [0, 0.1) is 5.82 Å². The van der Waals surface area contributed by atoms with Gasteiger partial charge in [0.15, 0.2) is 5.65 Å². The minimum Gasteiger partial charge on any atom is -0.508 e. The summed E-state index contributed by atoms with van der Waals surface area (Å²) in [6, 6.07) is 18.6. The highest BCUT2D eigenvalue weighted by atomic mass is 35.5. The SMILES string of the molecule is CC(c1oc(=O)c2ccccc2c1-c1ccc(CN2CCOCC2)cc1)n1nc(-c2cc(O)cc(F)c2)c2c(N)ncnc21.Cl. The molecule has 12 heteroatoms. The number of rotatable bonds is 6. The first-order valence-electron chi connectivity index (χ1n) is 14.3. The minimum absolute atomic E-state index is 0. The summed E-state index contributed by atoms with van der Waals surface area (Å²) in [6.45, 7) is 5.91. The molecule has 1 aliphatic rings.